The molecule has 0 aliphatic heterocycles. The monoisotopic (exact) mass is 747 g/mol. The summed E-state index contributed by atoms with van der Waals surface area (Å²) in [7, 11) is -4.75. The average molecular weight is 747 g/mol. The Labute approximate surface area is 313 Å². The number of carbonyl (C=O) groups is 2. The van der Waals surface area contributed by atoms with Crippen LogP contribution in [0.15, 0.2) is 24.3 Å². The van der Waals surface area contributed by atoms with Crippen molar-refractivity contribution in [1.29, 1.82) is 0 Å². The summed E-state index contributed by atoms with van der Waals surface area (Å²) in [6.07, 6.45) is 38.9. The van der Waals surface area contributed by atoms with Gasteiger partial charge in [0.1, 0.15) is 6.61 Å². The molecular formula is C41H79O9P. The minimum absolute atomic E-state index is 0.202. The first-order valence-electron chi connectivity index (χ1n) is 20.7. The SMILES string of the molecule is CCCCCCCC/C=C\CCCCCCCC(=O)OC[C@H](COP(=O)(O)O)OC(=O)CCCCCCC/C=C\CCCCCCCC.CCO. The van der Waals surface area contributed by atoms with Crippen LogP contribution in [0, 0.1) is 0 Å². The summed E-state index contributed by atoms with van der Waals surface area (Å²) in [4.78, 5) is 42.7. The minimum atomic E-state index is -4.75. The molecule has 0 aromatic carbocycles. The zero-order valence-corrected chi connectivity index (χ0v) is 33.9. The molecule has 0 aliphatic rings. The van der Waals surface area contributed by atoms with Gasteiger partial charge in [-0.2, -0.15) is 0 Å². The van der Waals surface area contributed by atoms with E-state index in [2.05, 4.69) is 42.7 Å². The summed E-state index contributed by atoms with van der Waals surface area (Å²) in [5, 5.41) is 7.57. The van der Waals surface area contributed by atoms with E-state index in [1.807, 2.05) is 0 Å². The van der Waals surface area contributed by atoms with Crippen molar-refractivity contribution in [3.05, 3.63) is 24.3 Å². The van der Waals surface area contributed by atoms with E-state index in [1.54, 1.807) is 6.92 Å². The molecule has 0 aliphatic carbocycles. The van der Waals surface area contributed by atoms with E-state index >= 15 is 0 Å². The molecular weight excluding hydrogens is 667 g/mol. The zero-order chi connectivity index (χ0) is 38.1. The molecule has 3 N–H and O–H groups in total. The van der Waals surface area contributed by atoms with Crippen molar-refractivity contribution in [3.63, 3.8) is 0 Å². The number of ether oxygens (including phenoxy) is 2. The quantitative estimate of drug-likeness (QED) is 0.0247. The van der Waals surface area contributed by atoms with Crippen LogP contribution in [-0.2, 0) is 28.2 Å². The third-order valence-electron chi connectivity index (χ3n) is 8.44. The maximum absolute atomic E-state index is 12.4. The third kappa shape index (κ3) is 46.5. The Morgan fingerprint density at radius 1 is 0.529 bits per heavy atom. The first-order valence-corrected chi connectivity index (χ1v) is 22.2. The van der Waals surface area contributed by atoms with Crippen LogP contribution >= 0.6 is 7.82 Å². The average Bonchev–Trinajstić information content (AvgIpc) is 3.09. The van der Waals surface area contributed by atoms with E-state index in [0.717, 1.165) is 64.2 Å². The Kier molecular flexibility index (Phi) is 41.7. The smallest absolute Gasteiger partial charge is 0.462 e. The van der Waals surface area contributed by atoms with Gasteiger partial charge < -0.3 is 24.4 Å². The Balaban J connectivity index is 0. The fraction of sp³-hybridized carbons (Fsp3) is 0.854. The first kappa shape index (κ1) is 51.6. The van der Waals surface area contributed by atoms with E-state index in [0.29, 0.717) is 12.8 Å². The maximum atomic E-state index is 12.4. The molecule has 0 fully saturated rings. The Hall–Kier alpha value is -1.51. The largest absolute Gasteiger partial charge is 0.469 e. The number of esters is 2. The topological polar surface area (TPSA) is 140 Å². The second-order valence-corrected chi connectivity index (χ2v) is 14.8. The molecule has 10 heteroatoms. The molecule has 0 unspecified atom stereocenters. The van der Waals surface area contributed by atoms with Gasteiger partial charge >= 0.3 is 19.8 Å². The fourth-order valence-electron chi connectivity index (χ4n) is 5.48. The summed E-state index contributed by atoms with van der Waals surface area (Å²) in [6, 6.07) is 0. The van der Waals surface area contributed by atoms with E-state index in [4.69, 9.17) is 24.4 Å². The molecule has 0 rings (SSSR count). The molecule has 51 heavy (non-hydrogen) atoms. The van der Waals surface area contributed by atoms with E-state index in [9.17, 15) is 14.2 Å². The van der Waals surface area contributed by atoms with Gasteiger partial charge in [-0.15, -0.1) is 0 Å². The lowest BCUT2D eigenvalue weighted by molar-refractivity contribution is -0.161. The van der Waals surface area contributed by atoms with Crippen LogP contribution in [0.1, 0.15) is 201 Å². The number of unbranched alkanes of at least 4 members (excludes halogenated alkanes) is 22. The van der Waals surface area contributed by atoms with Crippen molar-refractivity contribution < 1.29 is 43.0 Å². The Bertz CT molecular complexity index is 856. The number of phosphoric acid groups is 1. The maximum Gasteiger partial charge on any atom is 0.469 e. The van der Waals surface area contributed by atoms with Crippen LogP contribution in [0.2, 0.25) is 0 Å². The van der Waals surface area contributed by atoms with Gasteiger partial charge in [-0.25, -0.2) is 4.57 Å². The van der Waals surface area contributed by atoms with Crippen molar-refractivity contribution in [2.24, 2.45) is 0 Å². The van der Waals surface area contributed by atoms with Crippen molar-refractivity contribution in [3.8, 4) is 0 Å². The predicted octanol–water partition coefficient (Wildman–Crippen LogP) is 11.6. The van der Waals surface area contributed by atoms with Crippen molar-refractivity contribution in [2.45, 2.75) is 207 Å². The second-order valence-electron chi connectivity index (χ2n) is 13.6. The van der Waals surface area contributed by atoms with Crippen LogP contribution in [0.25, 0.3) is 0 Å². The fourth-order valence-corrected chi connectivity index (χ4v) is 5.84. The van der Waals surface area contributed by atoms with Crippen LogP contribution in [-0.4, -0.2) is 52.8 Å². The van der Waals surface area contributed by atoms with Gasteiger partial charge in [0.05, 0.1) is 6.61 Å². The number of hydrogen-bond donors (Lipinski definition) is 3. The predicted molar refractivity (Wildman–Crippen MR) is 210 cm³/mol. The van der Waals surface area contributed by atoms with Gasteiger partial charge in [-0.05, 0) is 71.1 Å². The van der Waals surface area contributed by atoms with Crippen LogP contribution in [0.4, 0.5) is 0 Å². The van der Waals surface area contributed by atoms with E-state index in [1.165, 1.54) is 89.9 Å². The summed E-state index contributed by atoms with van der Waals surface area (Å²) in [6.45, 7) is 5.59. The van der Waals surface area contributed by atoms with Gasteiger partial charge in [0.15, 0.2) is 6.10 Å². The molecule has 1 atom stereocenters. The normalized spacial score (nSPS) is 12.3. The molecule has 0 saturated carbocycles. The summed E-state index contributed by atoms with van der Waals surface area (Å²) < 4.78 is 26.3. The molecule has 9 nitrogen and oxygen atoms in total. The summed E-state index contributed by atoms with van der Waals surface area (Å²) >= 11 is 0. The molecule has 0 aromatic rings. The third-order valence-corrected chi connectivity index (χ3v) is 8.93. The molecule has 302 valence electrons. The highest BCUT2D eigenvalue weighted by Crippen LogP contribution is 2.36. The number of rotatable bonds is 36. The highest BCUT2D eigenvalue weighted by Gasteiger charge is 2.22. The highest BCUT2D eigenvalue weighted by molar-refractivity contribution is 7.46. The molecule has 0 radical (unpaired) electrons. The standard InChI is InChI=1S/C39H73O8P.C2H6O/c1-3-5-7-9-11-13-15-17-19-21-23-25-27-29-31-33-38(40)45-35-37(36-46-48(42,43)44)47-39(41)34-32-30-28-26-24-22-20-18-16-14-12-10-8-6-4-2;1-2-3/h17-20,37H,3-16,21-36H2,1-2H3,(H2,42,43,44);3H,2H2,1H3/b19-17-,20-18-;/t37-;/m1./s1. The van der Waals surface area contributed by atoms with Crippen LogP contribution in [0.5, 0.6) is 0 Å². The van der Waals surface area contributed by atoms with Crippen molar-refractivity contribution in [1.82, 2.24) is 0 Å². The molecule has 0 bridgehead atoms. The zero-order valence-electron chi connectivity index (χ0n) is 33.0. The van der Waals surface area contributed by atoms with E-state index < -0.39 is 32.5 Å². The highest BCUT2D eigenvalue weighted by atomic mass is 31.2. The summed E-state index contributed by atoms with van der Waals surface area (Å²) in [5.41, 5.74) is 0. The van der Waals surface area contributed by atoms with Gasteiger partial charge in [-0.1, -0.05) is 141 Å². The Morgan fingerprint density at radius 3 is 1.24 bits per heavy atom. The number of carbonyl (C=O) groups excluding carboxylic acids is 2. The Morgan fingerprint density at radius 2 is 0.863 bits per heavy atom. The van der Waals surface area contributed by atoms with Gasteiger partial charge in [-0.3, -0.25) is 14.1 Å². The lowest BCUT2D eigenvalue weighted by Gasteiger charge is -2.18. The molecule has 0 aromatic heterocycles. The lowest BCUT2D eigenvalue weighted by atomic mass is 10.1. The lowest BCUT2D eigenvalue weighted by Crippen LogP contribution is -2.29. The number of hydrogen-bond acceptors (Lipinski definition) is 7. The number of aliphatic hydroxyl groups is 1. The van der Waals surface area contributed by atoms with Crippen LogP contribution in [0.3, 0.4) is 0 Å². The number of allylic oxidation sites excluding steroid dienone is 4. The number of phosphoric ester groups is 1. The summed E-state index contributed by atoms with van der Waals surface area (Å²) in [5.74, 6) is -0.901. The van der Waals surface area contributed by atoms with Gasteiger partial charge in [0.2, 0.25) is 0 Å². The molecule has 0 heterocycles. The van der Waals surface area contributed by atoms with Gasteiger partial charge in [0, 0.05) is 19.4 Å². The first-order chi connectivity index (χ1) is 24.7. The second kappa shape index (κ2) is 41.2. The van der Waals surface area contributed by atoms with Crippen molar-refractivity contribution in [2.75, 3.05) is 19.8 Å². The van der Waals surface area contributed by atoms with Crippen LogP contribution < -0.4 is 0 Å². The van der Waals surface area contributed by atoms with Crippen molar-refractivity contribution >= 4 is 19.8 Å². The van der Waals surface area contributed by atoms with Gasteiger partial charge in [0.25, 0.3) is 0 Å². The molecule has 0 amide bonds. The molecule has 0 spiro atoms. The molecule has 0 saturated heterocycles. The van der Waals surface area contributed by atoms with E-state index in [-0.39, 0.29) is 26.1 Å². The number of aliphatic hydroxyl groups excluding tert-OH is 1. The minimum Gasteiger partial charge on any atom is -0.462 e.